The summed E-state index contributed by atoms with van der Waals surface area (Å²) in [7, 11) is 1.81. The van der Waals surface area contributed by atoms with Gasteiger partial charge in [-0.25, -0.2) is 4.98 Å². The van der Waals surface area contributed by atoms with Gasteiger partial charge in [0.1, 0.15) is 6.26 Å². The van der Waals surface area contributed by atoms with Gasteiger partial charge >= 0.3 is 0 Å². The summed E-state index contributed by atoms with van der Waals surface area (Å²) in [5.74, 6) is 2.04. The molecular formula is C23H35N5O2. The van der Waals surface area contributed by atoms with Crippen molar-refractivity contribution in [2.75, 3.05) is 46.4 Å². The van der Waals surface area contributed by atoms with E-state index in [1.54, 1.807) is 13.3 Å². The van der Waals surface area contributed by atoms with Crippen molar-refractivity contribution in [3.05, 3.63) is 41.8 Å². The lowest BCUT2D eigenvalue weighted by Crippen LogP contribution is -2.52. The summed E-state index contributed by atoms with van der Waals surface area (Å²) >= 11 is 0. The summed E-state index contributed by atoms with van der Waals surface area (Å²) in [6.07, 6.45) is 2.51. The number of aryl methyl sites for hydroxylation is 1. The molecule has 3 rings (SSSR count). The van der Waals surface area contributed by atoms with E-state index in [4.69, 9.17) is 9.15 Å². The highest BCUT2D eigenvalue weighted by Gasteiger charge is 2.23. The van der Waals surface area contributed by atoms with Crippen LogP contribution in [0.5, 0.6) is 0 Å². The predicted octanol–water partition coefficient (Wildman–Crippen LogP) is 2.71. The molecule has 164 valence electrons. The van der Waals surface area contributed by atoms with Gasteiger partial charge in [0.25, 0.3) is 0 Å². The molecule has 0 saturated carbocycles. The van der Waals surface area contributed by atoms with Gasteiger partial charge in [-0.15, -0.1) is 0 Å². The van der Waals surface area contributed by atoms with Gasteiger partial charge in [-0.1, -0.05) is 31.5 Å². The lowest BCUT2D eigenvalue weighted by Gasteiger charge is -2.37. The Bertz CT molecular complexity index is 794. The van der Waals surface area contributed by atoms with Crippen LogP contribution in [0, 0.1) is 12.8 Å². The largest absolute Gasteiger partial charge is 0.444 e. The normalized spacial score (nSPS) is 16.6. The zero-order valence-corrected chi connectivity index (χ0v) is 18.6. The number of aliphatic imine (C=N–C) groups is 1. The van der Waals surface area contributed by atoms with Crippen LogP contribution in [0.4, 0.5) is 0 Å². The fourth-order valence-electron chi connectivity index (χ4n) is 3.68. The van der Waals surface area contributed by atoms with E-state index >= 15 is 0 Å². The number of oxazole rings is 1. The Hall–Kier alpha value is -2.38. The summed E-state index contributed by atoms with van der Waals surface area (Å²) < 4.78 is 11.1. The minimum Gasteiger partial charge on any atom is -0.444 e. The second kappa shape index (κ2) is 11.1. The number of nitrogens with one attached hydrogen (secondary N) is 2. The van der Waals surface area contributed by atoms with E-state index in [1.807, 2.05) is 12.1 Å². The molecule has 2 aromatic rings. The van der Waals surface area contributed by atoms with Crippen molar-refractivity contribution in [2.45, 2.75) is 33.2 Å². The van der Waals surface area contributed by atoms with Crippen molar-refractivity contribution < 1.29 is 9.15 Å². The molecule has 1 aromatic heterocycles. The minimum absolute atomic E-state index is 0.458. The summed E-state index contributed by atoms with van der Waals surface area (Å²) in [6, 6.07) is 8.67. The first-order valence-corrected chi connectivity index (χ1v) is 10.8. The number of aromatic nitrogens is 1. The second-order valence-electron chi connectivity index (χ2n) is 8.10. The van der Waals surface area contributed by atoms with Crippen molar-refractivity contribution in [3.63, 3.8) is 0 Å². The lowest BCUT2D eigenvalue weighted by atomic mass is 10.0. The summed E-state index contributed by atoms with van der Waals surface area (Å²) in [5.41, 5.74) is 3.16. The molecule has 30 heavy (non-hydrogen) atoms. The second-order valence-corrected chi connectivity index (χ2v) is 8.10. The topological polar surface area (TPSA) is 74.9 Å². The average Bonchev–Trinajstić information content (AvgIpc) is 3.22. The first-order chi connectivity index (χ1) is 14.6. The van der Waals surface area contributed by atoms with Crippen LogP contribution in [0.1, 0.15) is 25.1 Å². The van der Waals surface area contributed by atoms with Crippen LogP contribution in [-0.4, -0.2) is 68.3 Å². The van der Waals surface area contributed by atoms with E-state index in [2.05, 4.69) is 58.4 Å². The third kappa shape index (κ3) is 6.31. The molecule has 1 aliphatic heterocycles. The fourth-order valence-corrected chi connectivity index (χ4v) is 3.68. The Morgan fingerprint density at radius 1 is 1.17 bits per heavy atom. The van der Waals surface area contributed by atoms with Gasteiger partial charge in [-0.2, -0.15) is 0 Å². The smallest absolute Gasteiger partial charge is 0.226 e. The van der Waals surface area contributed by atoms with Crippen LogP contribution in [0.25, 0.3) is 11.5 Å². The number of guanidine groups is 1. The van der Waals surface area contributed by atoms with Gasteiger partial charge in [-0.3, -0.25) is 9.89 Å². The summed E-state index contributed by atoms with van der Waals surface area (Å²) in [5, 5.41) is 6.87. The number of rotatable bonds is 8. The van der Waals surface area contributed by atoms with Crippen LogP contribution in [-0.2, 0) is 11.2 Å². The number of benzene rings is 1. The molecule has 7 heteroatoms. The van der Waals surface area contributed by atoms with Crippen molar-refractivity contribution in [3.8, 4) is 11.5 Å². The molecule has 0 aliphatic carbocycles. The van der Waals surface area contributed by atoms with Gasteiger partial charge in [0.2, 0.25) is 5.89 Å². The molecule has 0 radical (unpaired) electrons. The maximum absolute atomic E-state index is 5.65. The van der Waals surface area contributed by atoms with Gasteiger partial charge in [0, 0.05) is 51.3 Å². The van der Waals surface area contributed by atoms with Gasteiger partial charge < -0.3 is 19.8 Å². The van der Waals surface area contributed by atoms with Crippen LogP contribution < -0.4 is 10.6 Å². The maximum atomic E-state index is 5.65. The van der Waals surface area contributed by atoms with Crippen LogP contribution in [0.15, 0.2) is 39.9 Å². The molecule has 2 N–H and O–H groups in total. The Kier molecular flexibility index (Phi) is 8.28. The highest BCUT2D eigenvalue weighted by atomic mass is 16.5. The molecule has 1 aliphatic rings. The Morgan fingerprint density at radius 2 is 1.90 bits per heavy atom. The third-order valence-corrected chi connectivity index (χ3v) is 5.51. The standard InChI is InChI=1S/C23H35N5O2/c1-17(2)21(28-11-13-29-14-12-28)15-26-23(24-4)25-10-9-20-16-30-22(27-20)19-7-5-18(3)6-8-19/h5-8,16-17,21H,9-15H2,1-4H3,(H2,24,25,26). The zero-order valence-electron chi connectivity index (χ0n) is 18.6. The number of nitrogens with zero attached hydrogens (tertiary/aromatic N) is 3. The van der Waals surface area contributed by atoms with Crippen LogP contribution in [0.3, 0.4) is 0 Å². The van der Waals surface area contributed by atoms with E-state index in [1.165, 1.54) is 5.56 Å². The summed E-state index contributed by atoms with van der Waals surface area (Å²) in [6.45, 7) is 11.8. The maximum Gasteiger partial charge on any atom is 0.226 e. The van der Waals surface area contributed by atoms with E-state index < -0.39 is 0 Å². The van der Waals surface area contributed by atoms with Crippen LogP contribution in [0.2, 0.25) is 0 Å². The number of morpholine rings is 1. The molecule has 0 bridgehead atoms. The number of hydrogen-bond acceptors (Lipinski definition) is 5. The molecule has 7 nitrogen and oxygen atoms in total. The first-order valence-electron chi connectivity index (χ1n) is 10.8. The summed E-state index contributed by atoms with van der Waals surface area (Å²) in [4.78, 5) is 11.5. The molecule has 1 aromatic carbocycles. The monoisotopic (exact) mass is 413 g/mol. The highest BCUT2D eigenvalue weighted by Crippen LogP contribution is 2.19. The third-order valence-electron chi connectivity index (χ3n) is 5.51. The number of ether oxygens (including phenoxy) is 1. The fraction of sp³-hybridized carbons (Fsp3) is 0.565. The SMILES string of the molecule is CN=C(NCCc1coc(-c2ccc(C)cc2)n1)NCC(C(C)C)N1CCOCC1. The average molecular weight is 414 g/mol. The van der Waals surface area contributed by atoms with E-state index in [9.17, 15) is 0 Å². The Balaban J connectivity index is 1.45. The molecule has 0 amide bonds. The van der Waals surface area contributed by atoms with Crippen LogP contribution >= 0.6 is 0 Å². The quantitative estimate of drug-likeness (QED) is 0.512. The molecule has 1 atom stereocenters. The molecule has 1 saturated heterocycles. The predicted molar refractivity (Wildman–Crippen MR) is 121 cm³/mol. The van der Waals surface area contributed by atoms with Crippen molar-refractivity contribution in [2.24, 2.45) is 10.9 Å². The van der Waals surface area contributed by atoms with Gasteiger partial charge in [0.15, 0.2) is 5.96 Å². The van der Waals surface area contributed by atoms with E-state index in [0.717, 1.165) is 63.0 Å². The molecule has 0 spiro atoms. The molecule has 1 fully saturated rings. The highest BCUT2D eigenvalue weighted by molar-refractivity contribution is 5.79. The zero-order chi connectivity index (χ0) is 21.3. The van der Waals surface area contributed by atoms with Crippen molar-refractivity contribution in [1.29, 1.82) is 0 Å². The Labute approximate surface area is 179 Å². The van der Waals surface area contributed by atoms with E-state index in [0.29, 0.717) is 17.9 Å². The van der Waals surface area contributed by atoms with E-state index in [-0.39, 0.29) is 0 Å². The van der Waals surface area contributed by atoms with Crippen molar-refractivity contribution >= 4 is 5.96 Å². The molecular weight excluding hydrogens is 378 g/mol. The molecule has 2 heterocycles. The van der Waals surface area contributed by atoms with Gasteiger partial charge in [0.05, 0.1) is 18.9 Å². The lowest BCUT2D eigenvalue weighted by molar-refractivity contribution is 0.00752. The first kappa shape index (κ1) is 22.3. The molecule has 1 unspecified atom stereocenters. The Morgan fingerprint density at radius 3 is 2.57 bits per heavy atom. The van der Waals surface area contributed by atoms with Gasteiger partial charge in [-0.05, 0) is 25.0 Å². The minimum atomic E-state index is 0.458. The van der Waals surface area contributed by atoms with Crippen molar-refractivity contribution in [1.82, 2.24) is 20.5 Å². The number of hydrogen-bond donors (Lipinski definition) is 2.